The van der Waals surface area contributed by atoms with Crippen LogP contribution in [-0.2, 0) is 15.1 Å². The molecule has 2 aromatic rings. The van der Waals surface area contributed by atoms with Crippen molar-refractivity contribution in [1.82, 2.24) is 5.32 Å². The molecule has 0 amide bonds. The summed E-state index contributed by atoms with van der Waals surface area (Å²) in [5.74, 6) is -2.78. The second kappa shape index (κ2) is 10.8. The number of methoxy groups -OCH3 is 1. The maximum absolute atomic E-state index is 13.0. The molecule has 1 atom stereocenters. The minimum Gasteiger partial charge on any atom is -0.469 e. The molecule has 0 bridgehead atoms. The van der Waals surface area contributed by atoms with E-state index in [1.54, 1.807) is 0 Å². The summed E-state index contributed by atoms with van der Waals surface area (Å²) in [5.41, 5.74) is -2.89. The number of ether oxygens (including phenoxy) is 3. The summed E-state index contributed by atoms with van der Waals surface area (Å²) < 4.78 is 128. The lowest BCUT2D eigenvalue weighted by atomic mass is 9.79. The average molecular weight is 535 g/mol. The highest BCUT2D eigenvalue weighted by atomic mass is 19.4. The third kappa shape index (κ3) is 8.19. The number of aliphatic hydroxyl groups excluding tert-OH is 1. The molecule has 0 saturated carbocycles. The van der Waals surface area contributed by atoms with Gasteiger partial charge in [0.1, 0.15) is 11.5 Å². The lowest BCUT2D eigenvalue weighted by Gasteiger charge is -2.37. The zero-order valence-electron chi connectivity index (χ0n) is 18.1. The number of nitrogens with one attached hydrogen (secondary N) is 1. The van der Waals surface area contributed by atoms with Crippen LogP contribution in [0.5, 0.6) is 11.5 Å². The van der Waals surface area contributed by atoms with Gasteiger partial charge in [-0.2, -0.15) is 13.2 Å². The van der Waals surface area contributed by atoms with Crippen LogP contribution in [0.25, 0.3) is 0 Å². The molecule has 200 valence electrons. The predicted octanol–water partition coefficient (Wildman–Crippen LogP) is 4.80. The van der Waals surface area contributed by atoms with Crippen LogP contribution in [0.3, 0.4) is 0 Å². The summed E-state index contributed by atoms with van der Waals surface area (Å²) in [6.07, 6.45) is -19.4. The van der Waals surface area contributed by atoms with Gasteiger partial charge in [-0.25, -0.2) is 0 Å². The molecule has 2 rings (SSSR count). The minimum absolute atomic E-state index is 0.326. The number of hydrogen-bond donors (Lipinski definition) is 2. The molecule has 0 aliphatic rings. The molecule has 36 heavy (non-hydrogen) atoms. The molecule has 0 spiro atoms. The van der Waals surface area contributed by atoms with Gasteiger partial charge in [-0.3, -0.25) is 4.79 Å². The van der Waals surface area contributed by atoms with Crippen LogP contribution in [0.1, 0.15) is 17.5 Å². The number of rotatable bonds is 9. The van der Waals surface area contributed by atoms with Crippen LogP contribution in [0.4, 0.5) is 39.5 Å². The van der Waals surface area contributed by atoms with E-state index in [0.29, 0.717) is 0 Å². The Morgan fingerprint density at radius 1 is 0.861 bits per heavy atom. The molecule has 15 heteroatoms. The van der Waals surface area contributed by atoms with Gasteiger partial charge in [0.15, 0.2) is 6.10 Å². The largest absolute Gasteiger partial charge is 0.573 e. The second-order valence-corrected chi connectivity index (χ2v) is 7.25. The molecule has 0 fully saturated rings. The van der Waals surface area contributed by atoms with Crippen LogP contribution in [0.15, 0.2) is 48.5 Å². The number of benzene rings is 2. The van der Waals surface area contributed by atoms with E-state index in [-0.39, 0.29) is 11.1 Å². The first-order chi connectivity index (χ1) is 16.4. The van der Waals surface area contributed by atoms with Gasteiger partial charge in [-0.15, -0.1) is 26.3 Å². The van der Waals surface area contributed by atoms with E-state index in [4.69, 9.17) is 0 Å². The molecule has 0 aromatic heterocycles. The number of carbonyl (C=O) groups is 1. The van der Waals surface area contributed by atoms with E-state index in [0.717, 1.165) is 55.6 Å². The Labute approximate surface area is 197 Å². The fourth-order valence-electron chi connectivity index (χ4n) is 3.23. The lowest BCUT2D eigenvalue weighted by molar-refractivity contribution is -0.275. The number of halogens is 9. The maximum atomic E-state index is 13.0. The zero-order chi connectivity index (χ0) is 27.4. The van der Waals surface area contributed by atoms with Gasteiger partial charge in [0.2, 0.25) is 0 Å². The number of esters is 1. The van der Waals surface area contributed by atoms with Crippen molar-refractivity contribution in [3.8, 4) is 11.5 Å². The normalized spacial score (nSPS) is 13.8. The van der Waals surface area contributed by atoms with Crippen LogP contribution in [0.2, 0.25) is 0 Å². The zero-order valence-corrected chi connectivity index (χ0v) is 18.1. The fourth-order valence-corrected chi connectivity index (χ4v) is 3.23. The van der Waals surface area contributed by atoms with Crippen molar-refractivity contribution in [2.75, 3.05) is 13.7 Å². The van der Waals surface area contributed by atoms with E-state index in [2.05, 4.69) is 19.5 Å². The van der Waals surface area contributed by atoms with Gasteiger partial charge >= 0.3 is 24.9 Å². The highest BCUT2D eigenvalue weighted by molar-refractivity contribution is 5.72. The van der Waals surface area contributed by atoms with E-state index in [1.165, 1.54) is 0 Å². The quantitative estimate of drug-likeness (QED) is 0.355. The van der Waals surface area contributed by atoms with Crippen LogP contribution < -0.4 is 14.8 Å². The number of alkyl halides is 9. The Kier molecular flexibility index (Phi) is 8.73. The first kappa shape index (κ1) is 29.0. The number of hydrogen-bond acceptors (Lipinski definition) is 6. The monoisotopic (exact) mass is 535 g/mol. The third-order valence-corrected chi connectivity index (χ3v) is 4.73. The van der Waals surface area contributed by atoms with E-state index >= 15 is 0 Å². The molecule has 2 N–H and O–H groups in total. The average Bonchev–Trinajstić information content (AvgIpc) is 2.73. The Hall–Kier alpha value is -3.20. The highest BCUT2D eigenvalue weighted by Gasteiger charge is 2.43. The summed E-state index contributed by atoms with van der Waals surface area (Å²) in [4.78, 5) is 12.3. The van der Waals surface area contributed by atoms with Gasteiger partial charge in [-0.05, 0) is 35.4 Å². The summed E-state index contributed by atoms with van der Waals surface area (Å²) in [6.45, 7) is -1.31. The van der Waals surface area contributed by atoms with Gasteiger partial charge < -0.3 is 24.6 Å². The molecule has 0 radical (unpaired) electrons. The Morgan fingerprint density at radius 2 is 1.31 bits per heavy atom. The van der Waals surface area contributed by atoms with Crippen molar-refractivity contribution in [3.05, 3.63) is 59.7 Å². The van der Waals surface area contributed by atoms with Crippen molar-refractivity contribution in [2.45, 2.75) is 37.0 Å². The van der Waals surface area contributed by atoms with Crippen LogP contribution in [0, 0.1) is 0 Å². The molecular formula is C21H18F9NO5. The molecule has 0 aliphatic heterocycles. The van der Waals surface area contributed by atoms with E-state index in [9.17, 15) is 49.4 Å². The van der Waals surface area contributed by atoms with Crippen molar-refractivity contribution in [1.29, 1.82) is 0 Å². The summed E-state index contributed by atoms with van der Waals surface area (Å²) >= 11 is 0. The molecule has 0 saturated heterocycles. The first-order valence-corrected chi connectivity index (χ1v) is 9.74. The molecular weight excluding hydrogens is 517 g/mol. The topological polar surface area (TPSA) is 77.0 Å². The maximum Gasteiger partial charge on any atom is 0.573 e. The first-order valence-electron chi connectivity index (χ1n) is 9.74. The van der Waals surface area contributed by atoms with Gasteiger partial charge in [0, 0.05) is 6.54 Å². The minimum atomic E-state index is -5.16. The molecule has 0 heterocycles. The van der Waals surface area contributed by atoms with E-state index in [1.807, 2.05) is 0 Å². The SMILES string of the molecule is COC(=O)CC(NCC(O)C(F)(F)F)(c1cccc(OC(F)(F)F)c1)c1cccc(OC(F)(F)F)c1. The third-order valence-electron chi connectivity index (χ3n) is 4.73. The molecule has 0 aliphatic carbocycles. The Morgan fingerprint density at radius 3 is 1.67 bits per heavy atom. The number of aliphatic hydroxyl groups is 1. The standard InChI is InChI=1S/C21H18F9NO5/c1-34-17(33)10-18(31-11-16(32)19(22,23)24,12-4-2-6-14(8-12)35-20(25,26)27)13-5-3-7-15(9-13)36-21(28,29)30/h2-9,16,31-32H,10-11H2,1H3. The highest BCUT2D eigenvalue weighted by Crippen LogP contribution is 2.38. The lowest BCUT2D eigenvalue weighted by Crippen LogP contribution is -2.50. The van der Waals surface area contributed by atoms with Crippen LogP contribution in [-0.4, -0.2) is 49.7 Å². The van der Waals surface area contributed by atoms with Crippen LogP contribution >= 0.6 is 0 Å². The fraction of sp³-hybridized carbons (Fsp3) is 0.381. The second-order valence-electron chi connectivity index (χ2n) is 7.25. The Bertz CT molecular complexity index is 978. The van der Waals surface area contributed by atoms with Crippen molar-refractivity contribution >= 4 is 5.97 Å². The van der Waals surface area contributed by atoms with Gasteiger partial charge in [-0.1, -0.05) is 24.3 Å². The van der Waals surface area contributed by atoms with Gasteiger partial charge in [0.25, 0.3) is 0 Å². The van der Waals surface area contributed by atoms with Crippen molar-refractivity contribution in [3.63, 3.8) is 0 Å². The smallest absolute Gasteiger partial charge is 0.469 e. The number of carbonyl (C=O) groups excluding carboxylic acids is 1. The molecule has 2 aromatic carbocycles. The van der Waals surface area contributed by atoms with Gasteiger partial charge in [0.05, 0.1) is 19.1 Å². The summed E-state index contributed by atoms with van der Waals surface area (Å²) in [7, 11) is 0.907. The summed E-state index contributed by atoms with van der Waals surface area (Å²) in [5, 5.41) is 11.8. The predicted molar refractivity (Wildman–Crippen MR) is 104 cm³/mol. The van der Waals surface area contributed by atoms with Crippen molar-refractivity contribution < 1.29 is 63.6 Å². The summed E-state index contributed by atoms with van der Waals surface area (Å²) in [6, 6.07) is 7.37. The van der Waals surface area contributed by atoms with Crippen molar-refractivity contribution in [2.24, 2.45) is 0 Å². The van der Waals surface area contributed by atoms with E-state index < -0.39 is 61.0 Å². The molecule has 6 nitrogen and oxygen atoms in total. The molecule has 1 unspecified atom stereocenters. The Balaban J connectivity index is 2.74.